The van der Waals surface area contributed by atoms with E-state index in [1.807, 2.05) is 0 Å². The van der Waals surface area contributed by atoms with Crippen LogP contribution in [-0.2, 0) is 0 Å². The lowest BCUT2D eigenvalue weighted by Gasteiger charge is -2.52. The Morgan fingerprint density at radius 1 is 1.21 bits per heavy atom. The fraction of sp³-hybridized carbons (Fsp3) is 0.857. The van der Waals surface area contributed by atoms with Crippen molar-refractivity contribution in [3.8, 4) is 0 Å². The minimum absolute atomic E-state index is 0.518. The summed E-state index contributed by atoms with van der Waals surface area (Å²) in [7, 11) is 0. The maximum Gasteiger partial charge on any atom is -0.0111 e. The number of allylic oxidation sites excluding steroid dienone is 2. The van der Waals surface area contributed by atoms with Crippen molar-refractivity contribution in [2.75, 3.05) is 0 Å². The molecule has 0 saturated heterocycles. The van der Waals surface area contributed by atoms with Gasteiger partial charge in [-0.25, -0.2) is 0 Å². The van der Waals surface area contributed by atoms with Gasteiger partial charge in [0.1, 0.15) is 0 Å². The minimum Gasteiger partial charge on any atom is -0.0794 e. The van der Waals surface area contributed by atoms with E-state index in [1.54, 1.807) is 5.57 Å². The van der Waals surface area contributed by atoms with E-state index >= 15 is 0 Å². The summed E-state index contributed by atoms with van der Waals surface area (Å²) < 4.78 is 0. The molecule has 2 aliphatic rings. The first-order chi connectivity index (χ1) is 6.44. The van der Waals surface area contributed by atoms with Gasteiger partial charge in [0.15, 0.2) is 0 Å². The lowest BCUT2D eigenvalue weighted by atomic mass is 9.53. The topological polar surface area (TPSA) is 0 Å². The average Bonchev–Trinajstić information content (AvgIpc) is 2.00. The van der Waals surface area contributed by atoms with E-state index < -0.39 is 0 Å². The van der Waals surface area contributed by atoms with Crippen LogP contribution < -0.4 is 0 Å². The fourth-order valence-electron chi connectivity index (χ4n) is 4.07. The third-order valence-corrected chi connectivity index (χ3v) is 4.68. The molecule has 0 heteroatoms. The third-order valence-electron chi connectivity index (χ3n) is 4.68. The first-order valence-electron chi connectivity index (χ1n) is 6.12. The number of hydrogen-bond donors (Lipinski definition) is 0. The molecular weight excluding hydrogens is 168 g/mol. The van der Waals surface area contributed by atoms with Crippen LogP contribution in [0.4, 0.5) is 0 Å². The molecule has 0 nitrogen and oxygen atoms in total. The lowest BCUT2D eigenvalue weighted by molar-refractivity contribution is 0.0217. The van der Waals surface area contributed by atoms with Gasteiger partial charge in [0.05, 0.1) is 0 Å². The molecule has 1 unspecified atom stereocenters. The predicted octanol–water partition coefficient (Wildman–Crippen LogP) is 4.56. The highest BCUT2D eigenvalue weighted by Crippen LogP contribution is 2.56. The van der Waals surface area contributed by atoms with Crippen molar-refractivity contribution in [3.63, 3.8) is 0 Å². The summed E-state index contributed by atoms with van der Waals surface area (Å²) in [6.45, 7) is 9.75. The Hall–Kier alpha value is -0.260. The zero-order chi connectivity index (χ0) is 10.4. The van der Waals surface area contributed by atoms with Crippen LogP contribution in [0.3, 0.4) is 0 Å². The molecule has 0 aliphatic heterocycles. The van der Waals surface area contributed by atoms with Gasteiger partial charge < -0.3 is 0 Å². The van der Waals surface area contributed by atoms with E-state index in [0.717, 1.165) is 5.92 Å². The Morgan fingerprint density at radius 2 is 1.93 bits per heavy atom. The molecule has 2 atom stereocenters. The van der Waals surface area contributed by atoms with E-state index in [-0.39, 0.29) is 0 Å². The van der Waals surface area contributed by atoms with Gasteiger partial charge in [-0.2, -0.15) is 0 Å². The van der Waals surface area contributed by atoms with Crippen molar-refractivity contribution >= 4 is 0 Å². The van der Waals surface area contributed by atoms with Crippen molar-refractivity contribution in [2.24, 2.45) is 16.7 Å². The average molecular weight is 192 g/mol. The number of rotatable bonds is 0. The molecule has 0 radical (unpaired) electrons. The van der Waals surface area contributed by atoms with Gasteiger partial charge >= 0.3 is 0 Å². The molecule has 14 heavy (non-hydrogen) atoms. The van der Waals surface area contributed by atoms with Gasteiger partial charge in [-0.05, 0) is 49.4 Å². The predicted molar refractivity (Wildman–Crippen MR) is 62.2 cm³/mol. The molecule has 2 aliphatic carbocycles. The molecule has 1 fully saturated rings. The van der Waals surface area contributed by atoms with Crippen LogP contribution in [0.1, 0.15) is 59.8 Å². The molecule has 0 aromatic heterocycles. The maximum atomic E-state index is 2.59. The second kappa shape index (κ2) is 3.12. The summed E-state index contributed by atoms with van der Waals surface area (Å²) in [6.07, 6.45) is 9.61. The summed E-state index contributed by atoms with van der Waals surface area (Å²) in [4.78, 5) is 0. The fourth-order valence-corrected chi connectivity index (χ4v) is 4.07. The summed E-state index contributed by atoms with van der Waals surface area (Å²) in [5.41, 5.74) is 2.72. The first-order valence-corrected chi connectivity index (χ1v) is 6.12. The van der Waals surface area contributed by atoms with Gasteiger partial charge in [-0.1, -0.05) is 38.8 Å². The smallest absolute Gasteiger partial charge is 0.0111 e. The molecule has 0 N–H and O–H groups in total. The zero-order valence-electron chi connectivity index (χ0n) is 10.2. The van der Waals surface area contributed by atoms with Gasteiger partial charge in [0, 0.05) is 0 Å². The van der Waals surface area contributed by atoms with E-state index in [2.05, 4.69) is 33.8 Å². The summed E-state index contributed by atoms with van der Waals surface area (Å²) in [6, 6.07) is 0. The summed E-state index contributed by atoms with van der Waals surface area (Å²) in [5.74, 6) is 0.924. The zero-order valence-corrected chi connectivity index (χ0v) is 10.2. The van der Waals surface area contributed by atoms with Crippen LogP contribution in [-0.4, -0.2) is 0 Å². The van der Waals surface area contributed by atoms with Gasteiger partial charge in [0.2, 0.25) is 0 Å². The summed E-state index contributed by atoms with van der Waals surface area (Å²) >= 11 is 0. The highest BCUT2D eigenvalue weighted by atomic mass is 14.5. The Labute approximate surface area is 88.8 Å². The molecule has 80 valence electrons. The lowest BCUT2D eigenvalue weighted by Crippen LogP contribution is -2.42. The highest BCUT2D eigenvalue weighted by molar-refractivity contribution is 5.16. The van der Waals surface area contributed by atoms with Gasteiger partial charge in [0.25, 0.3) is 0 Å². The second-order valence-corrected chi connectivity index (χ2v) is 6.43. The largest absolute Gasteiger partial charge is 0.0794 e. The van der Waals surface area contributed by atoms with Gasteiger partial charge in [-0.15, -0.1) is 0 Å². The number of hydrogen-bond acceptors (Lipinski definition) is 0. The monoisotopic (exact) mass is 192 g/mol. The highest BCUT2D eigenvalue weighted by Gasteiger charge is 2.46. The molecule has 0 bridgehead atoms. The van der Waals surface area contributed by atoms with Crippen LogP contribution in [0, 0.1) is 16.7 Å². The third kappa shape index (κ3) is 1.53. The van der Waals surface area contributed by atoms with Gasteiger partial charge in [-0.3, -0.25) is 0 Å². The molecule has 0 aromatic rings. The Bertz CT molecular complexity index is 259. The SMILES string of the molecule is CC1=C[C@@]2(C)CCCC(C)(C)C2CC1. The quantitative estimate of drug-likeness (QED) is 0.494. The minimum atomic E-state index is 0.518. The Balaban J connectivity index is 2.33. The van der Waals surface area contributed by atoms with E-state index in [0.29, 0.717) is 10.8 Å². The van der Waals surface area contributed by atoms with Crippen LogP contribution in [0.5, 0.6) is 0 Å². The van der Waals surface area contributed by atoms with Crippen molar-refractivity contribution < 1.29 is 0 Å². The normalized spacial score (nSPS) is 41.4. The molecule has 0 aromatic carbocycles. The standard InChI is InChI=1S/C14H24/c1-11-6-7-12-13(2,3)8-5-9-14(12,4)10-11/h10,12H,5-9H2,1-4H3/t12?,14-/m1/s1. The molecule has 0 heterocycles. The van der Waals surface area contributed by atoms with Crippen LogP contribution in [0.2, 0.25) is 0 Å². The van der Waals surface area contributed by atoms with E-state index in [1.165, 1.54) is 32.1 Å². The second-order valence-electron chi connectivity index (χ2n) is 6.43. The van der Waals surface area contributed by atoms with Crippen LogP contribution in [0.15, 0.2) is 11.6 Å². The molecule has 1 saturated carbocycles. The van der Waals surface area contributed by atoms with Crippen molar-refractivity contribution in [3.05, 3.63) is 11.6 Å². The van der Waals surface area contributed by atoms with Crippen LogP contribution >= 0.6 is 0 Å². The summed E-state index contributed by atoms with van der Waals surface area (Å²) in [5, 5.41) is 0. The molecular formula is C14H24. The van der Waals surface area contributed by atoms with E-state index in [9.17, 15) is 0 Å². The molecule has 0 spiro atoms. The number of fused-ring (bicyclic) bond motifs is 1. The van der Waals surface area contributed by atoms with Crippen molar-refractivity contribution in [1.29, 1.82) is 0 Å². The van der Waals surface area contributed by atoms with E-state index in [4.69, 9.17) is 0 Å². The maximum absolute atomic E-state index is 2.59. The first kappa shape index (κ1) is 10.3. The molecule has 0 amide bonds. The Morgan fingerprint density at radius 3 is 2.64 bits per heavy atom. The van der Waals surface area contributed by atoms with Crippen LogP contribution in [0.25, 0.3) is 0 Å². The Kier molecular flexibility index (Phi) is 2.28. The van der Waals surface area contributed by atoms with Crippen molar-refractivity contribution in [2.45, 2.75) is 59.8 Å². The molecule has 2 rings (SSSR count). The van der Waals surface area contributed by atoms with Crippen molar-refractivity contribution in [1.82, 2.24) is 0 Å².